The van der Waals surface area contributed by atoms with Crippen molar-refractivity contribution >= 4 is 5.82 Å². The fraction of sp³-hybridized carbons (Fsp3) is 0.421. The minimum atomic E-state index is -0.402. The van der Waals surface area contributed by atoms with E-state index in [1.807, 2.05) is 36.1 Å². The molecule has 2 aromatic rings. The van der Waals surface area contributed by atoms with Gasteiger partial charge >= 0.3 is 0 Å². The molecule has 2 N–H and O–H groups in total. The summed E-state index contributed by atoms with van der Waals surface area (Å²) in [5.41, 5.74) is 1.86. The third-order valence-corrected chi connectivity index (χ3v) is 4.59. The van der Waals surface area contributed by atoms with Crippen LogP contribution in [0.5, 0.6) is 0 Å². The van der Waals surface area contributed by atoms with E-state index in [9.17, 15) is 15.2 Å². The van der Waals surface area contributed by atoms with Crippen LogP contribution in [0, 0.1) is 24.2 Å². The van der Waals surface area contributed by atoms with Crippen LogP contribution in [0.3, 0.4) is 0 Å². The zero-order chi connectivity index (χ0) is 17.8. The van der Waals surface area contributed by atoms with Crippen LogP contribution in [0.2, 0.25) is 0 Å². The number of aromatic amines is 1. The molecule has 1 unspecified atom stereocenters. The molecule has 1 aromatic carbocycles. The summed E-state index contributed by atoms with van der Waals surface area (Å²) in [6.07, 6.45) is 2.37. The topological polar surface area (TPSA) is 93.0 Å². The molecule has 6 nitrogen and oxygen atoms in total. The van der Waals surface area contributed by atoms with Crippen LogP contribution in [0.25, 0.3) is 0 Å². The first-order valence-electron chi connectivity index (χ1n) is 8.55. The Morgan fingerprint density at radius 3 is 3.04 bits per heavy atom. The van der Waals surface area contributed by atoms with Crippen molar-refractivity contribution in [1.29, 1.82) is 5.26 Å². The van der Waals surface area contributed by atoms with E-state index in [4.69, 9.17) is 0 Å². The minimum absolute atomic E-state index is 0.0478. The Hall–Kier alpha value is -2.65. The van der Waals surface area contributed by atoms with Gasteiger partial charge in [0.15, 0.2) is 11.4 Å². The quantitative estimate of drug-likeness (QED) is 0.886. The van der Waals surface area contributed by atoms with Crippen molar-refractivity contribution in [2.75, 3.05) is 24.6 Å². The number of anilines is 1. The Bertz CT molecular complexity index is 853. The number of benzene rings is 1. The molecule has 1 aliphatic heterocycles. The SMILES string of the molecule is Cc1cccc(Cc2nc(N3CCCC(CO)C3)c(C#N)c(=O)[nH]2)c1. The molecule has 25 heavy (non-hydrogen) atoms. The molecule has 1 saturated heterocycles. The number of rotatable bonds is 4. The van der Waals surface area contributed by atoms with E-state index in [-0.39, 0.29) is 18.1 Å². The average Bonchev–Trinajstić information content (AvgIpc) is 2.61. The Labute approximate surface area is 146 Å². The number of aliphatic hydroxyl groups excluding tert-OH is 1. The van der Waals surface area contributed by atoms with Gasteiger partial charge in [0.1, 0.15) is 11.9 Å². The number of hydrogen-bond acceptors (Lipinski definition) is 5. The second-order valence-electron chi connectivity index (χ2n) is 6.63. The second kappa shape index (κ2) is 7.49. The summed E-state index contributed by atoms with van der Waals surface area (Å²) in [7, 11) is 0. The van der Waals surface area contributed by atoms with Gasteiger partial charge in [0.25, 0.3) is 5.56 Å². The average molecular weight is 338 g/mol. The van der Waals surface area contributed by atoms with Gasteiger partial charge in [-0.2, -0.15) is 5.26 Å². The van der Waals surface area contributed by atoms with E-state index < -0.39 is 5.56 Å². The van der Waals surface area contributed by atoms with Crippen molar-refractivity contribution in [2.24, 2.45) is 5.92 Å². The number of aliphatic hydroxyl groups is 1. The molecular formula is C19H22N4O2. The first-order valence-corrected chi connectivity index (χ1v) is 8.55. The fourth-order valence-electron chi connectivity index (χ4n) is 3.34. The van der Waals surface area contributed by atoms with E-state index >= 15 is 0 Å². The molecule has 0 amide bonds. The molecule has 1 aromatic heterocycles. The van der Waals surface area contributed by atoms with Crippen molar-refractivity contribution in [1.82, 2.24) is 9.97 Å². The van der Waals surface area contributed by atoms with Crippen LogP contribution in [-0.4, -0.2) is 34.8 Å². The number of nitriles is 1. The molecule has 1 atom stereocenters. The fourth-order valence-corrected chi connectivity index (χ4v) is 3.34. The van der Waals surface area contributed by atoms with Gasteiger partial charge < -0.3 is 15.0 Å². The second-order valence-corrected chi connectivity index (χ2v) is 6.63. The van der Waals surface area contributed by atoms with Crippen LogP contribution < -0.4 is 10.5 Å². The summed E-state index contributed by atoms with van der Waals surface area (Å²) < 4.78 is 0. The van der Waals surface area contributed by atoms with Crippen molar-refractivity contribution in [3.05, 3.63) is 57.1 Å². The highest BCUT2D eigenvalue weighted by Gasteiger charge is 2.24. The lowest BCUT2D eigenvalue weighted by Crippen LogP contribution is -2.39. The maximum absolute atomic E-state index is 12.3. The third-order valence-electron chi connectivity index (χ3n) is 4.59. The molecule has 2 heterocycles. The summed E-state index contributed by atoms with van der Waals surface area (Å²) in [6.45, 7) is 3.49. The number of H-pyrrole nitrogens is 1. The van der Waals surface area contributed by atoms with Crippen LogP contribution in [-0.2, 0) is 6.42 Å². The van der Waals surface area contributed by atoms with Crippen molar-refractivity contribution in [3.63, 3.8) is 0 Å². The Balaban J connectivity index is 1.95. The number of nitrogens with zero attached hydrogens (tertiary/aromatic N) is 3. The number of piperidine rings is 1. The molecule has 130 valence electrons. The normalized spacial score (nSPS) is 17.3. The zero-order valence-corrected chi connectivity index (χ0v) is 14.3. The summed E-state index contributed by atoms with van der Waals surface area (Å²) >= 11 is 0. The predicted molar refractivity (Wildman–Crippen MR) is 95.6 cm³/mol. The smallest absolute Gasteiger partial charge is 0.271 e. The predicted octanol–water partition coefficient (Wildman–Crippen LogP) is 1.75. The molecular weight excluding hydrogens is 316 g/mol. The van der Waals surface area contributed by atoms with Gasteiger partial charge in [-0.05, 0) is 31.2 Å². The zero-order valence-electron chi connectivity index (χ0n) is 14.3. The molecule has 1 fully saturated rings. The monoisotopic (exact) mass is 338 g/mol. The molecule has 3 rings (SSSR count). The van der Waals surface area contributed by atoms with Crippen LogP contribution in [0.1, 0.15) is 35.4 Å². The van der Waals surface area contributed by atoms with Gasteiger partial charge in [0.2, 0.25) is 0 Å². The number of aryl methyl sites for hydroxylation is 1. The van der Waals surface area contributed by atoms with Crippen LogP contribution in [0.4, 0.5) is 5.82 Å². The first-order chi connectivity index (χ1) is 12.1. The van der Waals surface area contributed by atoms with E-state index in [1.54, 1.807) is 0 Å². The highest BCUT2D eigenvalue weighted by atomic mass is 16.3. The maximum atomic E-state index is 12.3. The lowest BCUT2D eigenvalue weighted by Gasteiger charge is -2.33. The Morgan fingerprint density at radius 2 is 2.32 bits per heavy atom. The minimum Gasteiger partial charge on any atom is -0.396 e. The molecule has 0 saturated carbocycles. The number of hydrogen-bond donors (Lipinski definition) is 2. The van der Waals surface area contributed by atoms with Crippen molar-refractivity contribution < 1.29 is 5.11 Å². The van der Waals surface area contributed by atoms with Gasteiger partial charge in [-0.3, -0.25) is 4.79 Å². The molecule has 0 bridgehead atoms. The number of aromatic nitrogens is 2. The Morgan fingerprint density at radius 1 is 1.48 bits per heavy atom. The van der Waals surface area contributed by atoms with Gasteiger partial charge in [-0.1, -0.05) is 29.8 Å². The lowest BCUT2D eigenvalue weighted by molar-refractivity contribution is 0.208. The molecule has 6 heteroatoms. The largest absolute Gasteiger partial charge is 0.396 e. The molecule has 0 radical (unpaired) electrons. The number of nitrogens with one attached hydrogen (secondary N) is 1. The summed E-state index contributed by atoms with van der Waals surface area (Å²) in [6, 6.07) is 10.0. The maximum Gasteiger partial charge on any atom is 0.271 e. The third kappa shape index (κ3) is 3.89. The van der Waals surface area contributed by atoms with Crippen molar-refractivity contribution in [3.8, 4) is 6.07 Å². The highest BCUT2D eigenvalue weighted by molar-refractivity contribution is 5.53. The van der Waals surface area contributed by atoms with Crippen LogP contribution in [0.15, 0.2) is 29.1 Å². The van der Waals surface area contributed by atoms with Gasteiger partial charge in [0.05, 0.1) is 0 Å². The summed E-state index contributed by atoms with van der Waals surface area (Å²) in [4.78, 5) is 21.6. The first kappa shape index (κ1) is 17.2. The van der Waals surface area contributed by atoms with Gasteiger partial charge in [-0.15, -0.1) is 0 Å². The van der Waals surface area contributed by atoms with E-state index in [2.05, 4.69) is 16.0 Å². The summed E-state index contributed by atoms with van der Waals surface area (Å²) in [5.74, 6) is 1.14. The molecule has 0 aliphatic carbocycles. The molecule has 1 aliphatic rings. The summed E-state index contributed by atoms with van der Waals surface area (Å²) in [5, 5.41) is 18.8. The van der Waals surface area contributed by atoms with E-state index in [0.717, 1.165) is 30.5 Å². The van der Waals surface area contributed by atoms with Gasteiger partial charge in [-0.25, -0.2) is 4.98 Å². The lowest BCUT2D eigenvalue weighted by atomic mass is 9.99. The van der Waals surface area contributed by atoms with Crippen molar-refractivity contribution in [2.45, 2.75) is 26.2 Å². The Kier molecular flexibility index (Phi) is 5.15. The van der Waals surface area contributed by atoms with Crippen LogP contribution >= 0.6 is 0 Å². The highest BCUT2D eigenvalue weighted by Crippen LogP contribution is 2.23. The van der Waals surface area contributed by atoms with E-state index in [1.165, 1.54) is 0 Å². The van der Waals surface area contributed by atoms with Gasteiger partial charge in [0, 0.05) is 26.1 Å². The molecule has 0 spiro atoms. The van der Waals surface area contributed by atoms with E-state index in [0.29, 0.717) is 24.6 Å². The standard InChI is InChI=1S/C19H22N4O2/c1-13-4-2-5-14(8-13)9-17-21-18(16(10-20)19(25)22-17)23-7-3-6-15(11-23)12-24/h2,4-5,8,15,24H,3,6-7,9,11-12H2,1H3,(H,21,22,25).